The standard InChI is InChI=1S/C34H45Cl2N3O3/c1-7-16-34(6)22-29(25-10-9-11-27(36)21-25)30(24-12-14-26(35)15-13-24)39(31(34)40)28(8-2)23-37-17-19-38(20-18-37)32(41)42-33(3,4)5/h7,9-15,21,28-30H,1,8,16-20,22-23H2,2-6H3. The Balaban J connectivity index is 1.67. The van der Waals surface area contributed by atoms with E-state index in [2.05, 4.69) is 36.3 Å². The van der Waals surface area contributed by atoms with Gasteiger partial charge in [-0.25, -0.2) is 4.79 Å². The molecule has 0 N–H and O–H groups in total. The molecule has 0 saturated carbocycles. The molecule has 2 amide bonds. The maximum Gasteiger partial charge on any atom is 0.410 e. The van der Waals surface area contributed by atoms with Gasteiger partial charge in [-0.2, -0.15) is 0 Å². The van der Waals surface area contributed by atoms with Gasteiger partial charge in [-0.1, -0.05) is 67.4 Å². The normalized spacial score (nSPS) is 24.4. The molecule has 0 aromatic heterocycles. The average molecular weight is 615 g/mol. The van der Waals surface area contributed by atoms with Crippen molar-refractivity contribution >= 4 is 35.2 Å². The summed E-state index contributed by atoms with van der Waals surface area (Å²) in [7, 11) is 0. The Bertz CT molecular complexity index is 1250. The minimum atomic E-state index is -0.597. The number of ether oxygens (including phenoxy) is 1. The third-order valence-electron chi connectivity index (χ3n) is 8.54. The van der Waals surface area contributed by atoms with Crippen molar-refractivity contribution in [2.45, 2.75) is 77.5 Å². The second kappa shape index (κ2) is 13.4. The summed E-state index contributed by atoms with van der Waals surface area (Å²) in [6.07, 6.45) is 3.68. The largest absolute Gasteiger partial charge is 0.444 e. The minimum absolute atomic E-state index is 0.0302. The number of hydrogen-bond donors (Lipinski definition) is 0. The Morgan fingerprint density at radius 1 is 1.07 bits per heavy atom. The molecule has 0 bridgehead atoms. The lowest BCUT2D eigenvalue weighted by Crippen LogP contribution is -2.59. The molecular formula is C34H45Cl2N3O3. The van der Waals surface area contributed by atoms with E-state index in [1.165, 1.54) is 0 Å². The average Bonchev–Trinajstić information content (AvgIpc) is 2.93. The first kappa shape index (κ1) is 32.4. The van der Waals surface area contributed by atoms with E-state index in [1.54, 1.807) is 4.90 Å². The molecule has 2 aromatic carbocycles. The van der Waals surface area contributed by atoms with Gasteiger partial charge >= 0.3 is 6.09 Å². The van der Waals surface area contributed by atoms with Crippen LogP contribution in [0.25, 0.3) is 0 Å². The fourth-order valence-corrected chi connectivity index (χ4v) is 6.76. The highest BCUT2D eigenvalue weighted by Crippen LogP contribution is 2.52. The predicted octanol–water partition coefficient (Wildman–Crippen LogP) is 7.96. The van der Waals surface area contributed by atoms with Crippen LogP contribution in [0.4, 0.5) is 4.79 Å². The Hall–Kier alpha value is -2.54. The summed E-state index contributed by atoms with van der Waals surface area (Å²) in [5.74, 6) is 0.186. The van der Waals surface area contributed by atoms with E-state index in [0.717, 1.165) is 37.2 Å². The molecule has 6 nitrogen and oxygen atoms in total. The van der Waals surface area contributed by atoms with Crippen molar-refractivity contribution < 1.29 is 14.3 Å². The van der Waals surface area contributed by atoms with E-state index in [0.29, 0.717) is 36.0 Å². The van der Waals surface area contributed by atoms with Crippen LogP contribution in [-0.2, 0) is 9.53 Å². The number of piperazine rings is 1. The second-order valence-corrected chi connectivity index (χ2v) is 13.8. The number of allylic oxidation sites excluding steroid dienone is 1. The topological polar surface area (TPSA) is 53.1 Å². The fraction of sp³-hybridized carbons (Fsp3) is 0.529. The van der Waals surface area contributed by atoms with Gasteiger partial charge in [-0.3, -0.25) is 9.69 Å². The highest BCUT2D eigenvalue weighted by Gasteiger charge is 2.51. The van der Waals surface area contributed by atoms with Gasteiger partial charge in [0.25, 0.3) is 0 Å². The zero-order valence-electron chi connectivity index (χ0n) is 25.6. The number of likely N-dealkylation sites (tertiary alicyclic amines) is 1. The third-order valence-corrected chi connectivity index (χ3v) is 9.03. The Kier molecular flexibility index (Phi) is 10.3. The molecule has 2 fully saturated rings. The molecule has 0 radical (unpaired) electrons. The minimum Gasteiger partial charge on any atom is -0.444 e. The molecule has 2 aliphatic rings. The number of carbonyl (C=O) groups excluding carboxylic acids is 2. The first-order valence-electron chi connectivity index (χ1n) is 15.0. The Morgan fingerprint density at radius 2 is 1.74 bits per heavy atom. The van der Waals surface area contributed by atoms with Gasteiger partial charge in [0.05, 0.1) is 11.5 Å². The molecule has 2 heterocycles. The maximum absolute atomic E-state index is 14.6. The van der Waals surface area contributed by atoms with E-state index in [9.17, 15) is 9.59 Å². The molecule has 228 valence electrons. The molecule has 0 aliphatic carbocycles. The van der Waals surface area contributed by atoms with Crippen LogP contribution in [0.1, 0.15) is 77.0 Å². The first-order chi connectivity index (χ1) is 19.8. The summed E-state index contributed by atoms with van der Waals surface area (Å²) in [5.41, 5.74) is 1.06. The van der Waals surface area contributed by atoms with Gasteiger partial charge in [0.2, 0.25) is 5.91 Å². The fourth-order valence-electron chi connectivity index (χ4n) is 6.44. The van der Waals surface area contributed by atoms with Crippen LogP contribution in [0.2, 0.25) is 10.0 Å². The summed E-state index contributed by atoms with van der Waals surface area (Å²) < 4.78 is 5.59. The summed E-state index contributed by atoms with van der Waals surface area (Å²) in [4.78, 5) is 33.5. The van der Waals surface area contributed by atoms with Crippen LogP contribution in [0.3, 0.4) is 0 Å². The number of nitrogens with zero attached hydrogens (tertiary/aromatic N) is 3. The van der Waals surface area contributed by atoms with Crippen molar-refractivity contribution in [2.24, 2.45) is 5.41 Å². The number of rotatable bonds is 8. The summed E-state index contributed by atoms with van der Waals surface area (Å²) >= 11 is 12.8. The van der Waals surface area contributed by atoms with Gasteiger partial charge in [0, 0.05) is 54.7 Å². The van der Waals surface area contributed by atoms with Gasteiger partial charge in [-0.15, -0.1) is 6.58 Å². The number of hydrogen-bond acceptors (Lipinski definition) is 4. The van der Waals surface area contributed by atoms with Crippen LogP contribution in [0.15, 0.2) is 61.2 Å². The number of piperidine rings is 1. The van der Waals surface area contributed by atoms with Crippen LogP contribution in [0.5, 0.6) is 0 Å². The molecule has 4 unspecified atom stereocenters. The van der Waals surface area contributed by atoms with E-state index >= 15 is 0 Å². The first-order valence-corrected chi connectivity index (χ1v) is 15.8. The molecule has 4 atom stereocenters. The van der Waals surface area contributed by atoms with Crippen LogP contribution in [0, 0.1) is 5.41 Å². The predicted molar refractivity (Wildman–Crippen MR) is 171 cm³/mol. The van der Waals surface area contributed by atoms with Crippen molar-refractivity contribution in [3.05, 3.63) is 82.4 Å². The molecule has 42 heavy (non-hydrogen) atoms. The number of benzene rings is 2. The zero-order chi connectivity index (χ0) is 30.7. The van der Waals surface area contributed by atoms with Gasteiger partial charge in [-0.05, 0) is 75.4 Å². The Morgan fingerprint density at radius 3 is 2.31 bits per heavy atom. The van der Waals surface area contributed by atoms with E-state index in [-0.39, 0.29) is 30.0 Å². The van der Waals surface area contributed by atoms with Gasteiger partial charge in [0.15, 0.2) is 0 Å². The summed E-state index contributed by atoms with van der Waals surface area (Å²) in [6, 6.07) is 15.7. The number of carbonyl (C=O) groups is 2. The van der Waals surface area contributed by atoms with Crippen molar-refractivity contribution in [2.75, 3.05) is 32.7 Å². The monoisotopic (exact) mass is 613 g/mol. The van der Waals surface area contributed by atoms with Crippen molar-refractivity contribution in [3.8, 4) is 0 Å². The molecule has 2 aliphatic heterocycles. The maximum atomic E-state index is 14.6. The lowest BCUT2D eigenvalue weighted by molar-refractivity contribution is -0.155. The van der Waals surface area contributed by atoms with E-state index in [4.69, 9.17) is 27.9 Å². The van der Waals surface area contributed by atoms with Gasteiger partial charge in [0.1, 0.15) is 5.60 Å². The van der Waals surface area contributed by atoms with Crippen molar-refractivity contribution in [1.82, 2.24) is 14.7 Å². The molecule has 2 aromatic rings. The lowest BCUT2D eigenvalue weighted by atomic mass is 9.67. The van der Waals surface area contributed by atoms with Gasteiger partial charge < -0.3 is 14.5 Å². The molecule has 2 saturated heterocycles. The third kappa shape index (κ3) is 7.50. The van der Waals surface area contributed by atoms with E-state index < -0.39 is 11.0 Å². The summed E-state index contributed by atoms with van der Waals surface area (Å²) in [5, 5.41) is 1.35. The number of halogens is 2. The molecule has 4 rings (SSSR count). The lowest BCUT2D eigenvalue weighted by Gasteiger charge is -2.53. The molecule has 0 spiro atoms. The van der Waals surface area contributed by atoms with Crippen molar-refractivity contribution in [3.63, 3.8) is 0 Å². The zero-order valence-corrected chi connectivity index (χ0v) is 27.1. The Labute approximate surface area is 261 Å². The molecular weight excluding hydrogens is 569 g/mol. The second-order valence-electron chi connectivity index (χ2n) is 13.0. The number of amides is 2. The quantitative estimate of drug-likeness (QED) is 0.283. The van der Waals surface area contributed by atoms with E-state index in [1.807, 2.05) is 69.3 Å². The highest BCUT2D eigenvalue weighted by molar-refractivity contribution is 6.30. The molecule has 8 heteroatoms. The summed E-state index contributed by atoms with van der Waals surface area (Å²) in [6.45, 7) is 17.3. The van der Waals surface area contributed by atoms with Crippen LogP contribution in [-0.4, -0.2) is 71.1 Å². The highest BCUT2D eigenvalue weighted by atomic mass is 35.5. The smallest absolute Gasteiger partial charge is 0.410 e. The van der Waals surface area contributed by atoms with Crippen molar-refractivity contribution in [1.29, 1.82) is 0 Å². The SMILES string of the molecule is C=CCC1(C)CC(c2cccc(Cl)c2)C(c2ccc(Cl)cc2)N(C(CC)CN2CCN(C(=O)OC(C)(C)C)CC2)C1=O. The van der Waals surface area contributed by atoms with Crippen LogP contribution >= 0.6 is 23.2 Å². The van der Waals surface area contributed by atoms with Crippen LogP contribution < -0.4 is 0 Å².